The number of fused-ring (bicyclic) bond motifs is 1. The zero-order valence-corrected chi connectivity index (χ0v) is 15.9. The lowest BCUT2D eigenvalue weighted by Gasteiger charge is -2.12. The van der Waals surface area contributed by atoms with Crippen LogP contribution in [0.25, 0.3) is 11.0 Å². The van der Waals surface area contributed by atoms with Gasteiger partial charge < -0.3 is 4.74 Å². The van der Waals surface area contributed by atoms with Crippen molar-refractivity contribution in [2.24, 2.45) is 0 Å². The van der Waals surface area contributed by atoms with Gasteiger partial charge in [0.2, 0.25) is 0 Å². The molecule has 0 radical (unpaired) electrons. The zero-order chi connectivity index (χ0) is 19.6. The molecular formula is C21H22N4O2. The van der Waals surface area contributed by atoms with Crippen LogP contribution in [0.4, 0.5) is 0 Å². The molecule has 6 nitrogen and oxygen atoms in total. The van der Waals surface area contributed by atoms with E-state index in [4.69, 9.17) is 15.0 Å². The molecule has 0 fully saturated rings. The molecule has 0 saturated carbocycles. The van der Waals surface area contributed by atoms with Crippen LogP contribution in [0, 0.1) is 11.3 Å². The summed E-state index contributed by atoms with van der Waals surface area (Å²) in [5, 5.41) is 13.9. The predicted octanol–water partition coefficient (Wildman–Crippen LogP) is 4.36. The first-order chi connectivity index (χ1) is 12.9. The van der Waals surface area contributed by atoms with E-state index in [0.29, 0.717) is 22.2 Å². The summed E-state index contributed by atoms with van der Waals surface area (Å²) in [5.41, 5.74) is 3.40. The van der Waals surface area contributed by atoms with Crippen molar-refractivity contribution >= 4 is 17.0 Å². The summed E-state index contributed by atoms with van der Waals surface area (Å²) in [6.45, 7) is 8.27. The number of nitrogens with zero attached hydrogens (tertiary/aromatic N) is 4. The molecule has 6 heteroatoms. The molecule has 0 atom stereocenters. The Morgan fingerprint density at radius 1 is 1.22 bits per heavy atom. The molecule has 0 bridgehead atoms. The van der Waals surface area contributed by atoms with E-state index in [1.807, 2.05) is 32.4 Å². The molecule has 2 aromatic heterocycles. The third-order valence-electron chi connectivity index (χ3n) is 4.34. The van der Waals surface area contributed by atoms with Gasteiger partial charge in [-0.2, -0.15) is 10.4 Å². The van der Waals surface area contributed by atoms with E-state index in [9.17, 15) is 4.79 Å². The van der Waals surface area contributed by atoms with Crippen molar-refractivity contribution in [1.29, 1.82) is 5.26 Å². The maximum atomic E-state index is 12.8. The van der Waals surface area contributed by atoms with Crippen molar-refractivity contribution in [3.05, 3.63) is 58.9 Å². The summed E-state index contributed by atoms with van der Waals surface area (Å²) in [7, 11) is 0. The SMILES string of the molecule is CC(C)c1cc(C(=O)OCc2ccc(C#N)cc2)c2cnn(C(C)C)c2n1. The van der Waals surface area contributed by atoms with Gasteiger partial charge in [0.25, 0.3) is 0 Å². The topological polar surface area (TPSA) is 80.8 Å². The van der Waals surface area contributed by atoms with E-state index in [2.05, 4.69) is 11.2 Å². The fourth-order valence-electron chi connectivity index (χ4n) is 2.78. The summed E-state index contributed by atoms with van der Waals surface area (Å²) in [5.74, 6) is -0.230. The maximum absolute atomic E-state index is 12.8. The van der Waals surface area contributed by atoms with Crippen molar-refractivity contribution in [3.8, 4) is 6.07 Å². The summed E-state index contributed by atoms with van der Waals surface area (Å²) >= 11 is 0. The maximum Gasteiger partial charge on any atom is 0.339 e. The smallest absolute Gasteiger partial charge is 0.339 e. The van der Waals surface area contributed by atoms with E-state index in [0.717, 1.165) is 11.3 Å². The van der Waals surface area contributed by atoms with Gasteiger partial charge in [0.1, 0.15) is 6.61 Å². The lowest BCUT2D eigenvalue weighted by atomic mass is 10.1. The molecule has 0 aliphatic rings. The van der Waals surface area contributed by atoms with E-state index in [1.54, 1.807) is 36.5 Å². The molecular weight excluding hydrogens is 340 g/mol. The fourth-order valence-corrected chi connectivity index (χ4v) is 2.78. The summed E-state index contributed by atoms with van der Waals surface area (Å²) in [6.07, 6.45) is 1.67. The standard InChI is InChI=1S/C21H22N4O2/c1-13(2)19-9-17(18-11-23-25(14(3)4)20(18)24-19)21(26)27-12-16-7-5-15(10-22)6-8-16/h5-9,11,13-14H,12H2,1-4H3. The van der Waals surface area contributed by atoms with Crippen LogP contribution in [0.15, 0.2) is 36.5 Å². The third-order valence-corrected chi connectivity index (χ3v) is 4.34. The molecule has 3 rings (SSSR count). The first-order valence-electron chi connectivity index (χ1n) is 8.95. The lowest BCUT2D eigenvalue weighted by molar-refractivity contribution is 0.0475. The largest absolute Gasteiger partial charge is 0.457 e. The Hall–Kier alpha value is -3.20. The first kappa shape index (κ1) is 18.6. The minimum atomic E-state index is -0.406. The molecule has 0 spiro atoms. The lowest BCUT2D eigenvalue weighted by Crippen LogP contribution is -2.10. The van der Waals surface area contributed by atoms with Crippen LogP contribution < -0.4 is 0 Å². The number of carbonyl (C=O) groups is 1. The van der Waals surface area contributed by atoms with Crippen LogP contribution in [-0.2, 0) is 11.3 Å². The number of ether oxygens (including phenoxy) is 1. The van der Waals surface area contributed by atoms with Crippen LogP contribution >= 0.6 is 0 Å². The van der Waals surface area contributed by atoms with Crippen molar-refractivity contribution in [2.75, 3.05) is 0 Å². The zero-order valence-electron chi connectivity index (χ0n) is 15.9. The quantitative estimate of drug-likeness (QED) is 0.630. The highest BCUT2D eigenvalue weighted by molar-refractivity contribution is 6.02. The normalized spacial score (nSPS) is 11.1. The Balaban J connectivity index is 1.91. The fraction of sp³-hybridized carbons (Fsp3) is 0.333. The van der Waals surface area contributed by atoms with Gasteiger partial charge in [0.15, 0.2) is 5.65 Å². The number of pyridine rings is 1. The molecule has 1 aromatic carbocycles. The Morgan fingerprint density at radius 2 is 1.93 bits per heavy atom. The van der Waals surface area contributed by atoms with Crippen LogP contribution in [0.2, 0.25) is 0 Å². The van der Waals surface area contributed by atoms with Gasteiger partial charge in [-0.25, -0.2) is 14.5 Å². The molecule has 0 saturated heterocycles. The highest BCUT2D eigenvalue weighted by atomic mass is 16.5. The second kappa shape index (κ2) is 7.58. The van der Waals surface area contributed by atoms with Gasteiger partial charge in [-0.1, -0.05) is 26.0 Å². The summed E-state index contributed by atoms with van der Waals surface area (Å²) in [4.78, 5) is 17.5. The molecule has 27 heavy (non-hydrogen) atoms. The van der Waals surface area contributed by atoms with Gasteiger partial charge in [-0.3, -0.25) is 0 Å². The number of carbonyl (C=O) groups excluding carboxylic acids is 1. The Bertz CT molecular complexity index is 1010. The van der Waals surface area contributed by atoms with Crippen molar-refractivity contribution in [3.63, 3.8) is 0 Å². The van der Waals surface area contributed by atoms with Gasteiger partial charge in [-0.15, -0.1) is 0 Å². The van der Waals surface area contributed by atoms with Crippen LogP contribution in [0.5, 0.6) is 0 Å². The molecule has 0 unspecified atom stereocenters. The highest BCUT2D eigenvalue weighted by Crippen LogP contribution is 2.25. The minimum Gasteiger partial charge on any atom is -0.457 e. The van der Waals surface area contributed by atoms with E-state index in [-0.39, 0.29) is 18.6 Å². The van der Waals surface area contributed by atoms with Crippen molar-refractivity contribution < 1.29 is 9.53 Å². The van der Waals surface area contributed by atoms with Gasteiger partial charge >= 0.3 is 5.97 Å². The van der Waals surface area contributed by atoms with Gasteiger partial charge in [0, 0.05) is 11.7 Å². The molecule has 138 valence electrons. The molecule has 0 aliphatic heterocycles. The van der Waals surface area contributed by atoms with Crippen LogP contribution in [0.1, 0.15) is 66.8 Å². The Labute approximate surface area is 158 Å². The third kappa shape index (κ3) is 3.82. The summed E-state index contributed by atoms with van der Waals surface area (Å²) < 4.78 is 7.33. The average molecular weight is 362 g/mol. The number of aromatic nitrogens is 3. The second-order valence-electron chi connectivity index (χ2n) is 7.05. The van der Waals surface area contributed by atoms with Crippen molar-refractivity contribution in [1.82, 2.24) is 14.8 Å². The Morgan fingerprint density at radius 3 is 2.52 bits per heavy atom. The number of esters is 1. The van der Waals surface area contributed by atoms with Gasteiger partial charge in [0.05, 0.1) is 28.8 Å². The molecule has 0 aliphatic carbocycles. The number of hydrogen-bond acceptors (Lipinski definition) is 5. The minimum absolute atomic E-state index is 0.139. The number of benzene rings is 1. The first-order valence-corrected chi connectivity index (χ1v) is 8.95. The Kier molecular flexibility index (Phi) is 5.22. The van der Waals surface area contributed by atoms with E-state index < -0.39 is 5.97 Å². The van der Waals surface area contributed by atoms with Crippen LogP contribution in [0.3, 0.4) is 0 Å². The molecule has 0 N–H and O–H groups in total. The molecule has 2 heterocycles. The average Bonchev–Trinajstić information content (AvgIpc) is 3.10. The van der Waals surface area contributed by atoms with Gasteiger partial charge in [-0.05, 0) is 43.5 Å². The van der Waals surface area contributed by atoms with Crippen LogP contribution in [-0.4, -0.2) is 20.7 Å². The second-order valence-corrected chi connectivity index (χ2v) is 7.05. The van der Waals surface area contributed by atoms with Crippen molar-refractivity contribution in [2.45, 2.75) is 46.3 Å². The molecule has 0 amide bonds. The van der Waals surface area contributed by atoms with E-state index >= 15 is 0 Å². The van der Waals surface area contributed by atoms with E-state index in [1.165, 1.54) is 0 Å². The number of nitriles is 1. The number of hydrogen-bond donors (Lipinski definition) is 0. The molecule has 3 aromatic rings. The summed E-state index contributed by atoms with van der Waals surface area (Å²) in [6, 6.07) is 11.0. The number of rotatable bonds is 5. The predicted molar refractivity (Wildman–Crippen MR) is 102 cm³/mol. The highest BCUT2D eigenvalue weighted by Gasteiger charge is 2.20. The monoisotopic (exact) mass is 362 g/mol.